The van der Waals surface area contributed by atoms with E-state index in [0.717, 1.165) is 23.9 Å². The summed E-state index contributed by atoms with van der Waals surface area (Å²) in [5, 5.41) is 3.45. The van der Waals surface area contributed by atoms with Gasteiger partial charge in [0.2, 0.25) is 0 Å². The van der Waals surface area contributed by atoms with Crippen LogP contribution in [0.5, 0.6) is 5.75 Å². The summed E-state index contributed by atoms with van der Waals surface area (Å²) in [5.41, 5.74) is 0.854. The second kappa shape index (κ2) is 6.27. The number of nitrogens with one attached hydrogen (secondary N) is 1. The Morgan fingerprint density at radius 2 is 2.05 bits per heavy atom. The molecule has 1 aliphatic carbocycles. The lowest BCUT2D eigenvalue weighted by Crippen LogP contribution is -2.30. The van der Waals surface area contributed by atoms with Gasteiger partial charge in [-0.1, -0.05) is 13.8 Å². The van der Waals surface area contributed by atoms with Gasteiger partial charge in [-0.05, 0) is 50.2 Å². The topological polar surface area (TPSA) is 21.3 Å². The fraction of sp³-hybridized carbons (Fsp3) is 0.625. The number of anilines is 1. The quantitative estimate of drug-likeness (QED) is 0.867. The largest absolute Gasteiger partial charge is 0.491 e. The molecule has 0 aliphatic heterocycles. The van der Waals surface area contributed by atoms with E-state index in [1.165, 1.54) is 18.9 Å². The molecule has 0 spiro atoms. The number of benzene rings is 1. The van der Waals surface area contributed by atoms with Gasteiger partial charge in [0.15, 0.2) is 11.6 Å². The maximum absolute atomic E-state index is 13.8. The van der Waals surface area contributed by atoms with Crippen LogP contribution in [-0.2, 0) is 0 Å². The predicted molar refractivity (Wildman–Crippen MR) is 77.2 cm³/mol. The van der Waals surface area contributed by atoms with E-state index >= 15 is 0 Å². The molecule has 106 valence electrons. The molecule has 1 aliphatic rings. The maximum Gasteiger partial charge on any atom is 0.167 e. The first-order valence-corrected chi connectivity index (χ1v) is 7.29. The third-order valence-electron chi connectivity index (χ3n) is 4.20. The monoisotopic (exact) mass is 265 g/mol. The molecule has 3 unspecified atom stereocenters. The van der Waals surface area contributed by atoms with E-state index in [-0.39, 0.29) is 5.82 Å². The van der Waals surface area contributed by atoms with Crippen molar-refractivity contribution < 1.29 is 9.13 Å². The zero-order chi connectivity index (χ0) is 13.8. The van der Waals surface area contributed by atoms with Crippen LogP contribution in [0.3, 0.4) is 0 Å². The molecular weight excluding hydrogens is 241 g/mol. The fourth-order valence-electron chi connectivity index (χ4n) is 2.78. The van der Waals surface area contributed by atoms with Gasteiger partial charge < -0.3 is 10.1 Å². The summed E-state index contributed by atoms with van der Waals surface area (Å²) in [6.07, 6.45) is 3.58. The first-order valence-electron chi connectivity index (χ1n) is 7.29. The summed E-state index contributed by atoms with van der Waals surface area (Å²) in [6, 6.07) is 5.60. The third-order valence-corrected chi connectivity index (χ3v) is 4.20. The average molecular weight is 265 g/mol. The van der Waals surface area contributed by atoms with Crippen molar-refractivity contribution >= 4 is 5.69 Å². The molecule has 1 aromatic carbocycles. The van der Waals surface area contributed by atoms with Gasteiger partial charge in [0.05, 0.1) is 6.61 Å². The average Bonchev–Trinajstić information content (AvgIpc) is 2.37. The van der Waals surface area contributed by atoms with Crippen molar-refractivity contribution in [3.05, 3.63) is 24.0 Å². The molecule has 3 atom stereocenters. The van der Waals surface area contributed by atoms with E-state index in [2.05, 4.69) is 19.2 Å². The molecule has 3 heteroatoms. The first kappa shape index (κ1) is 14.2. The zero-order valence-corrected chi connectivity index (χ0v) is 12.1. The molecule has 1 saturated carbocycles. The summed E-state index contributed by atoms with van der Waals surface area (Å²) in [7, 11) is 0. The van der Waals surface area contributed by atoms with E-state index in [1.54, 1.807) is 6.07 Å². The SMILES string of the molecule is CCOc1ccc(NC2CCC(C)C(C)C2)cc1F. The second-order valence-electron chi connectivity index (χ2n) is 5.69. The molecule has 1 N–H and O–H groups in total. The highest BCUT2D eigenvalue weighted by Gasteiger charge is 2.24. The number of halogens is 1. The number of hydrogen-bond acceptors (Lipinski definition) is 2. The van der Waals surface area contributed by atoms with Crippen molar-refractivity contribution in [3.8, 4) is 5.75 Å². The van der Waals surface area contributed by atoms with Crippen molar-refractivity contribution in [2.75, 3.05) is 11.9 Å². The predicted octanol–water partition coefficient (Wildman–Crippen LogP) is 4.46. The molecule has 0 aromatic heterocycles. The van der Waals surface area contributed by atoms with Crippen LogP contribution in [0.25, 0.3) is 0 Å². The molecule has 0 heterocycles. The van der Waals surface area contributed by atoms with Gasteiger partial charge >= 0.3 is 0 Å². The lowest BCUT2D eigenvalue weighted by Gasteiger charge is -2.33. The van der Waals surface area contributed by atoms with Crippen LogP contribution in [0.2, 0.25) is 0 Å². The van der Waals surface area contributed by atoms with Gasteiger partial charge in [-0.15, -0.1) is 0 Å². The Bertz CT molecular complexity index is 421. The number of hydrogen-bond donors (Lipinski definition) is 1. The molecule has 0 amide bonds. The maximum atomic E-state index is 13.8. The molecular formula is C16H24FNO. The Hall–Kier alpha value is -1.25. The van der Waals surface area contributed by atoms with Gasteiger partial charge in [-0.2, -0.15) is 0 Å². The Kier molecular flexibility index (Phi) is 4.67. The molecule has 1 aromatic rings. The molecule has 0 bridgehead atoms. The molecule has 0 radical (unpaired) electrons. The van der Waals surface area contributed by atoms with Crippen LogP contribution in [-0.4, -0.2) is 12.6 Å². The van der Waals surface area contributed by atoms with Crippen LogP contribution in [0.1, 0.15) is 40.0 Å². The smallest absolute Gasteiger partial charge is 0.167 e. The minimum absolute atomic E-state index is 0.288. The third kappa shape index (κ3) is 3.62. The Morgan fingerprint density at radius 3 is 2.68 bits per heavy atom. The number of rotatable bonds is 4. The Morgan fingerprint density at radius 1 is 1.26 bits per heavy atom. The first-order chi connectivity index (χ1) is 9.10. The summed E-state index contributed by atoms with van der Waals surface area (Å²) in [4.78, 5) is 0. The van der Waals surface area contributed by atoms with Crippen molar-refractivity contribution in [3.63, 3.8) is 0 Å². The normalized spacial score (nSPS) is 27.1. The van der Waals surface area contributed by atoms with Crippen LogP contribution in [0, 0.1) is 17.7 Å². The van der Waals surface area contributed by atoms with E-state index < -0.39 is 0 Å². The fourth-order valence-corrected chi connectivity index (χ4v) is 2.78. The van der Waals surface area contributed by atoms with Crippen molar-refractivity contribution in [2.24, 2.45) is 11.8 Å². The highest BCUT2D eigenvalue weighted by atomic mass is 19.1. The summed E-state index contributed by atoms with van der Waals surface area (Å²) < 4.78 is 19.0. The molecule has 19 heavy (non-hydrogen) atoms. The van der Waals surface area contributed by atoms with E-state index in [9.17, 15) is 4.39 Å². The van der Waals surface area contributed by atoms with E-state index in [4.69, 9.17) is 4.74 Å². The van der Waals surface area contributed by atoms with Crippen molar-refractivity contribution in [1.82, 2.24) is 0 Å². The highest BCUT2D eigenvalue weighted by Crippen LogP contribution is 2.31. The van der Waals surface area contributed by atoms with Crippen LogP contribution < -0.4 is 10.1 Å². The van der Waals surface area contributed by atoms with Gasteiger partial charge in [-0.3, -0.25) is 0 Å². The lowest BCUT2D eigenvalue weighted by molar-refractivity contribution is 0.261. The molecule has 2 nitrogen and oxygen atoms in total. The lowest BCUT2D eigenvalue weighted by atomic mass is 9.79. The summed E-state index contributed by atoms with van der Waals surface area (Å²) >= 11 is 0. The highest BCUT2D eigenvalue weighted by molar-refractivity contribution is 5.48. The van der Waals surface area contributed by atoms with E-state index in [1.807, 2.05) is 13.0 Å². The van der Waals surface area contributed by atoms with Gasteiger partial charge in [0, 0.05) is 17.8 Å². The summed E-state index contributed by atoms with van der Waals surface area (Å²) in [6.45, 7) is 6.96. The standard InChI is InChI=1S/C16H24FNO/c1-4-19-16-8-7-14(10-15(16)17)18-13-6-5-11(2)12(3)9-13/h7-8,10-13,18H,4-6,9H2,1-3H3. The van der Waals surface area contributed by atoms with Crippen LogP contribution >= 0.6 is 0 Å². The molecule has 2 rings (SSSR count). The number of ether oxygens (including phenoxy) is 1. The van der Waals surface area contributed by atoms with Gasteiger partial charge in [0.1, 0.15) is 0 Å². The minimum atomic E-state index is -0.288. The second-order valence-corrected chi connectivity index (χ2v) is 5.69. The summed E-state index contributed by atoms with van der Waals surface area (Å²) in [5.74, 6) is 1.58. The molecule has 1 fully saturated rings. The van der Waals surface area contributed by atoms with E-state index in [0.29, 0.717) is 18.4 Å². The zero-order valence-electron chi connectivity index (χ0n) is 12.1. The Balaban J connectivity index is 1.98. The van der Waals surface area contributed by atoms with Crippen LogP contribution in [0.4, 0.5) is 10.1 Å². The van der Waals surface area contributed by atoms with Gasteiger partial charge in [0.25, 0.3) is 0 Å². The van der Waals surface area contributed by atoms with Gasteiger partial charge in [-0.25, -0.2) is 4.39 Å². The Labute approximate surface area is 115 Å². The van der Waals surface area contributed by atoms with Crippen molar-refractivity contribution in [2.45, 2.75) is 46.1 Å². The minimum Gasteiger partial charge on any atom is -0.491 e. The molecule has 0 saturated heterocycles. The van der Waals surface area contributed by atoms with Crippen LogP contribution in [0.15, 0.2) is 18.2 Å². The van der Waals surface area contributed by atoms with Crippen molar-refractivity contribution in [1.29, 1.82) is 0 Å².